The molecule has 0 bridgehead atoms. The third-order valence-electron chi connectivity index (χ3n) is 2.85. The van der Waals surface area contributed by atoms with Gasteiger partial charge >= 0.3 is 0 Å². The number of rotatable bonds is 2. The normalized spacial score (nSPS) is 11.9. The molecule has 0 fully saturated rings. The molecule has 86 valence electrons. The number of hydrogen-bond donors (Lipinski definition) is 0. The summed E-state index contributed by atoms with van der Waals surface area (Å²) in [4.78, 5) is 0. The molecule has 4 heteroatoms. The first-order valence-electron chi connectivity index (χ1n) is 5.27. The lowest BCUT2D eigenvalue weighted by Crippen LogP contribution is -2.00. The van der Waals surface area contributed by atoms with Crippen molar-refractivity contribution in [3.63, 3.8) is 0 Å². The Kier molecular flexibility index (Phi) is 2.66. The second-order valence-electron chi connectivity index (χ2n) is 4.23. The third-order valence-corrected chi connectivity index (χ3v) is 2.85. The van der Waals surface area contributed by atoms with Gasteiger partial charge in [0.2, 0.25) is 0 Å². The average Bonchev–Trinajstić information content (AvgIpc) is 2.61. The zero-order valence-electron chi connectivity index (χ0n) is 9.54. The molecule has 0 aliphatic carbocycles. The van der Waals surface area contributed by atoms with Crippen LogP contribution in [-0.4, -0.2) is 9.61 Å². The van der Waals surface area contributed by atoms with Gasteiger partial charge in [-0.1, -0.05) is 13.8 Å². The Hall–Kier alpha value is -1.45. The average molecular weight is 224 g/mol. The Bertz CT molecular complexity index is 515. The number of alkyl halides is 2. The van der Waals surface area contributed by atoms with E-state index in [-0.39, 0.29) is 5.56 Å². The molecule has 0 radical (unpaired) electrons. The van der Waals surface area contributed by atoms with Crippen LogP contribution in [-0.2, 0) is 0 Å². The summed E-state index contributed by atoms with van der Waals surface area (Å²) in [5, 5.41) is 4.17. The minimum Gasteiger partial charge on any atom is -0.237 e. The van der Waals surface area contributed by atoms with Crippen LogP contribution >= 0.6 is 0 Å². The second kappa shape index (κ2) is 3.85. The maximum Gasteiger partial charge on any atom is 0.265 e. The highest BCUT2D eigenvalue weighted by atomic mass is 19.3. The van der Waals surface area contributed by atoms with Crippen LogP contribution in [0.15, 0.2) is 18.3 Å². The van der Waals surface area contributed by atoms with Crippen molar-refractivity contribution in [3.8, 4) is 0 Å². The molecule has 2 nitrogen and oxygen atoms in total. The van der Waals surface area contributed by atoms with Crippen molar-refractivity contribution in [2.24, 2.45) is 0 Å². The maximum atomic E-state index is 12.7. The molecular formula is C12H14F2N2. The second-order valence-corrected chi connectivity index (χ2v) is 4.23. The first-order valence-corrected chi connectivity index (χ1v) is 5.27. The van der Waals surface area contributed by atoms with Gasteiger partial charge in [0, 0.05) is 16.8 Å². The number of aromatic nitrogens is 2. The van der Waals surface area contributed by atoms with Gasteiger partial charge in [0.15, 0.2) is 0 Å². The van der Waals surface area contributed by atoms with Crippen LogP contribution in [0.5, 0.6) is 0 Å². The minimum absolute atomic E-state index is 0.0471. The number of fused-ring (bicyclic) bond motifs is 1. The van der Waals surface area contributed by atoms with Gasteiger partial charge in [0.05, 0.1) is 11.7 Å². The molecule has 16 heavy (non-hydrogen) atoms. The Morgan fingerprint density at radius 1 is 1.19 bits per heavy atom. The van der Waals surface area contributed by atoms with Crippen molar-refractivity contribution >= 4 is 5.52 Å². The van der Waals surface area contributed by atoms with Crippen molar-refractivity contribution < 1.29 is 8.78 Å². The standard InChI is InChI=1S/C12H14F2N2/c1-7(2)10-6-15-16-8(3)9(12(13)14)4-5-11(10)16/h4-7,12H,1-3H3. The van der Waals surface area contributed by atoms with Gasteiger partial charge in [-0.15, -0.1) is 0 Å². The molecule has 0 atom stereocenters. The predicted molar refractivity (Wildman–Crippen MR) is 59.0 cm³/mol. The van der Waals surface area contributed by atoms with Crippen molar-refractivity contribution in [2.45, 2.75) is 33.1 Å². The van der Waals surface area contributed by atoms with E-state index in [1.165, 1.54) is 6.07 Å². The van der Waals surface area contributed by atoms with Crippen molar-refractivity contribution in [2.75, 3.05) is 0 Å². The van der Waals surface area contributed by atoms with E-state index in [0.717, 1.165) is 11.1 Å². The molecule has 2 aromatic heterocycles. The highest BCUT2D eigenvalue weighted by Crippen LogP contribution is 2.26. The number of pyridine rings is 1. The molecule has 0 saturated carbocycles. The molecule has 0 N–H and O–H groups in total. The summed E-state index contributed by atoms with van der Waals surface area (Å²) in [5.74, 6) is 0.342. The van der Waals surface area contributed by atoms with E-state index in [4.69, 9.17) is 0 Å². The lowest BCUT2D eigenvalue weighted by atomic mass is 10.0. The Balaban J connectivity index is 2.69. The van der Waals surface area contributed by atoms with Crippen LogP contribution in [0, 0.1) is 6.92 Å². The lowest BCUT2D eigenvalue weighted by Gasteiger charge is -2.08. The molecule has 2 heterocycles. The third kappa shape index (κ3) is 1.58. The number of nitrogens with zero attached hydrogens (tertiary/aromatic N) is 2. The summed E-state index contributed by atoms with van der Waals surface area (Å²) in [6, 6.07) is 3.21. The topological polar surface area (TPSA) is 17.3 Å². The zero-order chi connectivity index (χ0) is 11.9. The highest BCUT2D eigenvalue weighted by molar-refractivity contribution is 5.57. The molecule has 0 amide bonds. The van der Waals surface area contributed by atoms with E-state index in [1.54, 1.807) is 23.7 Å². The van der Waals surface area contributed by atoms with Gasteiger partial charge in [-0.25, -0.2) is 13.3 Å². The first kappa shape index (κ1) is 11.0. The predicted octanol–water partition coefficient (Wildman–Crippen LogP) is 3.70. The van der Waals surface area contributed by atoms with Gasteiger partial charge < -0.3 is 0 Å². The first-order chi connectivity index (χ1) is 7.52. The molecule has 0 aromatic carbocycles. The summed E-state index contributed by atoms with van der Waals surface area (Å²) in [5.41, 5.74) is 2.56. The van der Waals surface area contributed by atoms with E-state index in [1.807, 2.05) is 0 Å². The molecular weight excluding hydrogens is 210 g/mol. The molecule has 2 aromatic rings. The fourth-order valence-electron chi connectivity index (χ4n) is 1.89. The smallest absolute Gasteiger partial charge is 0.237 e. The molecule has 0 aliphatic rings. The molecule has 0 aliphatic heterocycles. The SMILES string of the molecule is Cc1c(C(F)F)ccc2c(C(C)C)cnn12. The summed E-state index contributed by atoms with van der Waals surface area (Å²) in [6.07, 6.45) is -0.696. The van der Waals surface area contributed by atoms with Crippen LogP contribution in [0.2, 0.25) is 0 Å². The van der Waals surface area contributed by atoms with Crippen LogP contribution in [0.25, 0.3) is 5.52 Å². The van der Waals surface area contributed by atoms with Gasteiger partial charge in [-0.05, 0) is 25.0 Å². The van der Waals surface area contributed by atoms with Gasteiger partial charge in [0.1, 0.15) is 0 Å². The van der Waals surface area contributed by atoms with E-state index < -0.39 is 6.43 Å². The molecule has 0 unspecified atom stereocenters. The highest BCUT2D eigenvalue weighted by Gasteiger charge is 2.15. The lowest BCUT2D eigenvalue weighted by molar-refractivity contribution is 0.150. The minimum atomic E-state index is -2.45. The van der Waals surface area contributed by atoms with Crippen LogP contribution in [0.3, 0.4) is 0 Å². The molecule has 0 saturated heterocycles. The number of halogens is 2. The molecule has 2 rings (SSSR count). The quantitative estimate of drug-likeness (QED) is 0.760. The summed E-state index contributed by atoms with van der Waals surface area (Å²) < 4.78 is 27.0. The summed E-state index contributed by atoms with van der Waals surface area (Å²) in [7, 11) is 0. The van der Waals surface area contributed by atoms with E-state index in [9.17, 15) is 8.78 Å². The fraction of sp³-hybridized carbons (Fsp3) is 0.417. The van der Waals surface area contributed by atoms with Crippen LogP contribution in [0.1, 0.15) is 43.0 Å². The van der Waals surface area contributed by atoms with Gasteiger partial charge in [-0.3, -0.25) is 0 Å². The van der Waals surface area contributed by atoms with Crippen molar-refractivity contribution in [1.29, 1.82) is 0 Å². The Morgan fingerprint density at radius 2 is 1.88 bits per heavy atom. The summed E-state index contributed by atoms with van der Waals surface area (Å²) in [6.45, 7) is 5.80. The van der Waals surface area contributed by atoms with Crippen LogP contribution < -0.4 is 0 Å². The number of hydrogen-bond acceptors (Lipinski definition) is 1. The van der Waals surface area contributed by atoms with Crippen molar-refractivity contribution in [1.82, 2.24) is 9.61 Å². The molecule has 0 spiro atoms. The largest absolute Gasteiger partial charge is 0.265 e. The van der Waals surface area contributed by atoms with E-state index >= 15 is 0 Å². The fourth-order valence-corrected chi connectivity index (χ4v) is 1.89. The van der Waals surface area contributed by atoms with Crippen LogP contribution in [0.4, 0.5) is 8.78 Å². The zero-order valence-corrected chi connectivity index (χ0v) is 9.54. The number of aryl methyl sites for hydroxylation is 1. The Labute approximate surface area is 92.9 Å². The summed E-state index contributed by atoms with van der Waals surface area (Å²) >= 11 is 0. The maximum absolute atomic E-state index is 12.7. The van der Waals surface area contributed by atoms with E-state index in [2.05, 4.69) is 18.9 Å². The van der Waals surface area contributed by atoms with Gasteiger partial charge in [0.25, 0.3) is 6.43 Å². The Morgan fingerprint density at radius 3 is 2.44 bits per heavy atom. The monoisotopic (exact) mass is 224 g/mol. The van der Waals surface area contributed by atoms with E-state index in [0.29, 0.717) is 11.6 Å². The van der Waals surface area contributed by atoms with Crippen molar-refractivity contribution in [3.05, 3.63) is 35.2 Å². The van der Waals surface area contributed by atoms with Gasteiger partial charge in [-0.2, -0.15) is 5.10 Å².